The van der Waals surface area contributed by atoms with E-state index in [1.807, 2.05) is 31.0 Å². The molecule has 10 nitrogen and oxygen atoms in total. The van der Waals surface area contributed by atoms with Gasteiger partial charge in [0.05, 0.1) is 0 Å². The highest BCUT2D eigenvalue weighted by atomic mass is 16.6. The Morgan fingerprint density at radius 1 is 1.29 bits per heavy atom. The second-order valence-electron chi connectivity index (χ2n) is 7.05. The number of imidazole rings is 1. The predicted octanol–water partition coefficient (Wildman–Crippen LogP) is -0.573. The van der Waals surface area contributed by atoms with Crippen molar-refractivity contribution in [2.45, 2.75) is 44.3 Å². The number of nitrogen functional groups attached to an aromatic ring is 1. The number of aryl methyl sites for hydroxylation is 1. The number of hydrogen-bond acceptors (Lipinski definition) is 9. The number of fused-ring (bicyclic) bond motifs is 1. The van der Waals surface area contributed by atoms with E-state index in [1.54, 1.807) is 4.57 Å². The number of nitrogens with zero attached hydrogens (tertiary/aromatic N) is 5. The van der Waals surface area contributed by atoms with E-state index in [0.29, 0.717) is 43.0 Å². The van der Waals surface area contributed by atoms with Crippen molar-refractivity contribution >= 4 is 17.0 Å². The van der Waals surface area contributed by atoms with Crippen LogP contribution in [0.4, 0.5) is 5.82 Å². The third-order valence-corrected chi connectivity index (χ3v) is 4.86. The van der Waals surface area contributed by atoms with Gasteiger partial charge in [0.15, 0.2) is 23.2 Å². The van der Waals surface area contributed by atoms with Crippen LogP contribution in [0.15, 0.2) is 18.5 Å². The van der Waals surface area contributed by atoms with E-state index in [-0.39, 0.29) is 5.82 Å². The van der Waals surface area contributed by atoms with Crippen molar-refractivity contribution in [2.75, 3.05) is 32.4 Å². The Balaban J connectivity index is 1.86. The van der Waals surface area contributed by atoms with Crippen molar-refractivity contribution in [3.63, 3.8) is 0 Å². The summed E-state index contributed by atoms with van der Waals surface area (Å²) in [5.74, 6) is 0.970. The zero-order valence-electron chi connectivity index (χ0n) is 16.3. The lowest BCUT2D eigenvalue weighted by atomic mass is 10.1. The maximum atomic E-state index is 10.7. The number of likely N-dealkylation sites (N-methyl/N-ethyl adjacent to an activating group) is 1. The van der Waals surface area contributed by atoms with Gasteiger partial charge in [-0.3, -0.25) is 4.57 Å². The lowest BCUT2D eigenvalue weighted by Gasteiger charge is -2.22. The van der Waals surface area contributed by atoms with Crippen LogP contribution >= 0.6 is 0 Å². The van der Waals surface area contributed by atoms with E-state index >= 15 is 0 Å². The summed E-state index contributed by atoms with van der Waals surface area (Å²) in [5.41, 5.74) is 12.4. The first-order valence-corrected chi connectivity index (χ1v) is 9.50. The molecule has 4 atom stereocenters. The summed E-state index contributed by atoms with van der Waals surface area (Å²) in [6, 6.07) is 0. The normalized spacial score (nSPS) is 25.5. The highest BCUT2D eigenvalue weighted by molar-refractivity contribution is 5.81. The van der Waals surface area contributed by atoms with Crippen LogP contribution in [0.5, 0.6) is 0 Å². The highest BCUT2D eigenvalue weighted by Crippen LogP contribution is 2.34. The molecule has 10 heteroatoms. The van der Waals surface area contributed by atoms with Gasteiger partial charge in [0.2, 0.25) is 0 Å². The summed E-state index contributed by atoms with van der Waals surface area (Å²) in [6.07, 6.45) is 3.21. The molecule has 0 spiro atoms. The van der Waals surface area contributed by atoms with Crippen molar-refractivity contribution in [1.29, 1.82) is 0 Å². The van der Waals surface area contributed by atoms with Gasteiger partial charge in [0.25, 0.3) is 0 Å². The predicted molar refractivity (Wildman–Crippen MR) is 105 cm³/mol. The van der Waals surface area contributed by atoms with Crippen molar-refractivity contribution in [2.24, 2.45) is 5.73 Å². The highest BCUT2D eigenvalue weighted by Gasteiger charge is 2.45. The molecule has 6 N–H and O–H groups in total. The molecule has 3 heterocycles. The first kappa shape index (κ1) is 20.6. The van der Waals surface area contributed by atoms with E-state index in [1.165, 1.54) is 6.33 Å². The molecule has 0 saturated carbocycles. The lowest BCUT2D eigenvalue weighted by molar-refractivity contribution is -0.0428. The fourth-order valence-electron chi connectivity index (χ4n) is 3.46. The Morgan fingerprint density at radius 3 is 2.79 bits per heavy atom. The molecule has 1 saturated heterocycles. The Bertz CT molecular complexity index is 825. The van der Waals surface area contributed by atoms with Gasteiger partial charge < -0.3 is 31.3 Å². The zero-order valence-corrected chi connectivity index (χ0v) is 16.3. The van der Waals surface area contributed by atoms with Crippen LogP contribution in [0.1, 0.15) is 25.4 Å². The second kappa shape index (κ2) is 8.93. The number of aromatic nitrogens is 4. The minimum absolute atomic E-state index is 0.275. The molecule has 0 amide bonds. The second-order valence-corrected chi connectivity index (χ2v) is 7.05. The van der Waals surface area contributed by atoms with Crippen LogP contribution < -0.4 is 11.5 Å². The molecule has 0 bridgehead atoms. The quantitative estimate of drug-likeness (QED) is 0.434. The summed E-state index contributed by atoms with van der Waals surface area (Å²) in [5, 5.41) is 21.3. The van der Waals surface area contributed by atoms with Gasteiger partial charge >= 0.3 is 0 Å². The Hall–Kier alpha value is -2.11. The van der Waals surface area contributed by atoms with Crippen LogP contribution in [-0.2, 0) is 11.2 Å². The number of hydrogen-bond donors (Lipinski definition) is 4. The number of anilines is 1. The molecule has 1 aliphatic heterocycles. The summed E-state index contributed by atoms with van der Waals surface area (Å²) in [7, 11) is 1.92. The number of aliphatic hydroxyl groups excluding tert-OH is 2. The zero-order chi connectivity index (χ0) is 20.3. The molecule has 1 aliphatic rings. The van der Waals surface area contributed by atoms with Gasteiger partial charge in [0, 0.05) is 26.1 Å². The maximum absolute atomic E-state index is 10.7. The van der Waals surface area contributed by atoms with Crippen LogP contribution in [0.2, 0.25) is 0 Å². The molecular weight excluding hydrogens is 362 g/mol. The van der Waals surface area contributed by atoms with Crippen molar-refractivity contribution in [3.8, 4) is 0 Å². The third kappa shape index (κ3) is 4.01. The van der Waals surface area contributed by atoms with E-state index in [2.05, 4.69) is 15.0 Å². The average molecular weight is 391 g/mol. The number of rotatable bonds is 8. The average Bonchev–Trinajstić information content (AvgIpc) is 3.15. The number of ether oxygens (including phenoxy) is 1. The first-order chi connectivity index (χ1) is 13.5. The molecule has 1 fully saturated rings. The molecule has 28 heavy (non-hydrogen) atoms. The smallest absolute Gasteiger partial charge is 0.167 e. The van der Waals surface area contributed by atoms with E-state index < -0.39 is 24.5 Å². The molecule has 2 aromatic rings. The minimum Gasteiger partial charge on any atom is -0.387 e. The van der Waals surface area contributed by atoms with Gasteiger partial charge in [-0.15, -0.1) is 0 Å². The summed E-state index contributed by atoms with van der Waals surface area (Å²) < 4.78 is 7.81. The topological polar surface area (TPSA) is 149 Å². The standard InChI is InChI=1S/C18H29N7O3/c1-3-6-12-23-13-16(20)21-10-22-17(13)25(12)18-15(27)14(26)11(28-18)9-24(2)8-5-4-7-19/h4-5,10-11,14-15,18,26-27H,3,6-9,19H2,1-2H3,(H2,20,21,22)/b5-4+/t11-,14-,15-,18-/m1/s1. The van der Waals surface area contributed by atoms with Crippen LogP contribution in [-0.4, -0.2) is 79.6 Å². The van der Waals surface area contributed by atoms with Crippen molar-refractivity contribution in [1.82, 2.24) is 24.4 Å². The van der Waals surface area contributed by atoms with E-state index in [9.17, 15) is 10.2 Å². The van der Waals surface area contributed by atoms with E-state index in [0.717, 1.165) is 6.42 Å². The molecule has 0 radical (unpaired) electrons. The Labute approximate surface area is 163 Å². The van der Waals surface area contributed by atoms with Gasteiger partial charge in [-0.1, -0.05) is 19.1 Å². The van der Waals surface area contributed by atoms with E-state index in [4.69, 9.17) is 16.2 Å². The SMILES string of the molecule is CCCc1nc2c(N)ncnc2n1[C@@H]1O[C@H](CN(C)C/C=C/CN)[C@@H](O)[C@H]1O. The summed E-state index contributed by atoms with van der Waals surface area (Å²) in [4.78, 5) is 14.8. The summed E-state index contributed by atoms with van der Waals surface area (Å²) in [6.45, 7) is 3.64. The minimum atomic E-state index is -1.11. The first-order valence-electron chi connectivity index (χ1n) is 9.50. The molecule has 154 valence electrons. The van der Waals surface area contributed by atoms with Crippen LogP contribution in [0.3, 0.4) is 0 Å². The fourth-order valence-corrected chi connectivity index (χ4v) is 3.46. The molecule has 2 aromatic heterocycles. The Kier molecular flexibility index (Phi) is 6.57. The van der Waals surface area contributed by atoms with Gasteiger partial charge in [-0.25, -0.2) is 15.0 Å². The van der Waals surface area contributed by atoms with Gasteiger partial charge in [0.1, 0.15) is 30.5 Å². The monoisotopic (exact) mass is 391 g/mol. The van der Waals surface area contributed by atoms with Crippen LogP contribution in [0.25, 0.3) is 11.2 Å². The molecular formula is C18H29N7O3. The van der Waals surface area contributed by atoms with Crippen molar-refractivity contribution < 1.29 is 14.9 Å². The largest absolute Gasteiger partial charge is 0.387 e. The lowest BCUT2D eigenvalue weighted by Crippen LogP contribution is -2.38. The maximum Gasteiger partial charge on any atom is 0.167 e. The molecule has 0 aliphatic carbocycles. The van der Waals surface area contributed by atoms with Crippen molar-refractivity contribution in [3.05, 3.63) is 24.3 Å². The molecule has 0 aromatic carbocycles. The third-order valence-electron chi connectivity index (χ3n) is 4.86. The molecule has 3 rings (SSSR count). The Morgan fingerprint density at radius 2 is 2.07 bits per heavy atom. The van der Waals surface area contributed by atoms with Gasteiger partial charge in [-0.2, -0.15) is 0 Å². The fraction of sp³-hybridized carbons (Fsp3) is 0.611. The van der Waals surface area contributed by atoms with Crippen LogP contribution in [0, 0.1) is 0 Å². The molecule has 0 unspecified atom stereocenters. The number of aliphatic hydroxyl groups is 2. The van der Waals surface area contributed by atoms with Gasteiger partial charge in [-0.05, 0) is 13.5 Å². The number of nitrogens with two attached hydrogens (primary N) is 2. The summed E-state index contributed by atoms with van der Waals surface area (Å²) >= 11 is 0.